The van der Waals surface area contributed by atoms with Crippen molar-refractivity contribution in [1.29, 1.82) is 0 Å². The number of nitrogens with zero attached hydrogens (tertiary/aromatic N) is 2. The van der Waals surface area contributed by atoms with Crippen molar-refractivity contribution in [2.24, 2.45) is 11.5 Å². The van der Waals surface area contributed by atoms with Crippen LogP contribution >= 0.6 is 0 Å². The van der Waals surface area contributed by atoms with Crippen molar-refractivity contribution in [3.05, 3.63) is 47.9 Å². The Labute approximate surface area is 172 Å². The van der Waals surface area contributed by atoms with Gasteiger partial charge >= 0.3 is 0 Å². The molecule has 0 aliphatic heterocycles. The maximum atomic E-state index is 14.6. The molecule has 1 aromatic carbocycles. The first-order chi connectivity index (χ1) is 14.4. The highest BCUT2D eigenvalue weighted by Gasteiger charge is 2.24. The van der Waals surface area contributed by atoms with E-state index in [0.29, 0.717) is 16.6 Å². The van der Waals surface area contributed by atoms with Crippen LogP contribution in [0.3, 0.4) is 0 Å². The van der Waals surface area contributed by atoms with Crippen molar-refractivity contribution >= 4 is 34.1 Å². The Morgan fingerprint density at radius 3 is 2.77 bits per heavy atom. The number of primary amides is 1. The molecule has 0 saturated heterocycles. The molecular weight excluding hydrogens is 387 g/mol. The second kappa shape index (κ2) is 8.11. The maximum absolute atomic E-state index is 14.6. The molecule has 1 aliphatic rings. The number of fused-ring (bicyclic) bond motifs is 1. The minimum atomic E-state index is -0.809. The van der Waals surface area contributed by atoms with Gasteiger partial charge in [0.1, 0.15) is 17.1 Å². The van der Waals surface area contributed by atoms with E-state index in [4.69, 9.17) is 11.5 Å². The molecule has 4 rings (SSSR count). The Bertz CT molecular complexity index is 1110. The molecule has 1 saturated carbocycles. The van der Waals surface area contributed by atoms with Gasteiger partial charge in [-0.3, -0.25) is 9.78 Å². The van der Waals surface area contributed by atoms with Crippen molar-refractivity contribution in [1.82, 2.24) is 9.97 Å². The summed E-state index contributed by atoms with van der Waals surface area (Å²) < 4.78 is 14.6. The predicted molar refractivity (Wildman–Crippen MR) is 113 cm³/mol. The number of rotatable bonds is 5. The fraction of sp³-hybridized carbons (Fsp3) is 0.286. The summed E-state index contributed by atoms with van der Waals surface area (Å²) in [7, 11) is 0. The molecule has 3 aromatic rings. The van der Waals surface area contributed by atoms with Gasteiger partial charge in [-0.1, -0.05) is 25.0 Å². The molecule has 1 aliphatic carbocycles. The average Bonchev–Trinajstić information content (AvgIpc) is 2.72. The van der Waals surface area contributed by atoms with Gasteiger partial charge in [-0.2, -0.15) is 0 Å². The van der Waals surface area contributed by atoms with Gasteiger partial charge in [-0.15, -0.1) is 0 Å². The monoisotopic (exact) mass is 410 g/mol. The van der Waals surface area contributed by atoms with Crippen LogP contribution in [0.5, 0.6) is 5.75 Å². The number of phenolic OH excluding ortho intramolecular Hbond substituents is 1. The minimum Gasteiger partial charge on any atom is -0.506 e. The van der Waals surface area contributed by atoms with Crippen molar-refractivity contribution < 1.29 is 14.3 Å². The normalized spacial score (nSPS) is 18.9. The van der Waals surface area contributed by atoms with Crippen LogP contribution in [0.4, 0.5) is 21.7 Å². The van der Waals surface area contributed by atoms with E-state index in [2.05, 4.69) is 20.6 Å². The van der Waals surface area contributed by atoms with Gasteiger partial charge < -0.3 is 27.2 Å². The second-order valence-corrected chi connectivity index (χ2v) is 7.48. The van der Waals surface area contributed by atoms with Gasteiger partial charge in [0.25, 0.3) is 5.91 Å². The highest BCUT2D eigenvalue weighted by atomic mass is 19.1. The van der Waals surface area contributed by atoms with Gasteiger partial charge in [-0.25, -0.2) is 9.37 Å². The Hall–Kier alpha value is -3.46. The molecule has 2 unspecified atom stereocenters. The average molecular weight is 410 g/mol. The fourth-order valence-corrected chi connectivity index (χ4v) is 3.74. The summed E-state index contributed by atoms with van der Waals surface area (Å²) in [5.74, 6) is -1.30. The molecular formula is C21H23FN6O2. The molecule has 0 spiro atoms. The number of amides is 1. The third-order valence-corrected chi connectivity index (χ3v) is 5.34. The summed E-state index contributed by atoms with van der Waals surface area (Å²) in [5, 5.41) is 16.6. The number of benzene rings is 1. The molecule has 2 heterocycles. The summed E-state index contributed by atoms with van der Waals surface area (Å²) in [6.45, 7) is 0. The number of para-hydroxylation sites is 1. The van der Waals surface area contributed by atoms with E-state index in [1.54, 1.807) is 24.3 Å². The summed E-state index contributed by atoms with van der Waals surface area (Å²) in [4.78, 5) is 20.4. The molecule has 0 radical (unpaired) electrons. The lowest BCUT2D eigenvalue weighted by atomic mass is 9.91. The van der Waals surface area contributed by atoms with E-state index in [9.17, 15) is 14.3 Å². The van der Waals surface area contributed by atoms with Crippen molar-refractivity contribution in [2.75, 3.05) is 10.6 Å². The van der Waals surface area contributed by atoms with Crippen LogP contribution in [0.1, 0.15) is 36.0 Å². The molecule has 0 bridgehead atoms. The fourth-order valence-electron chi connectivity index (χ4n) is 3.74. The Balaban J connectivity index is 1.68. The number of aromatic hydroxyl groups is 1. The van der Waals surface area contributed by atoms with Crippen LogP contribution in [0.2, 0.25) is 0 Å². The van der Waals surface area contributed by atoms with Crippen molar-refractivity contribution in [3.63, 3.8) is 0 Å². The molecule has 156 valence electrons. The first kappa shape index (κ1) is 19.8. The number of anilines is 3. The minimum absolute atomic E-state index is 0.0104. The van der Waals surface area contributed by atoms with Gasteiger partial charge in [0.2, 0.25) is 0 Å². The molecule has 2 atom stereocenters. The lowest BCUT2D eigenvalue weighted by molar-refractivity contribution is 0.100. The first-order valence-electron chi connectivity index (χ1n) is 9.79. The highest BCUT2D eigenvalue weighted by Crippen LogP contribution is 2.29. The Morgan fingerprint density at radius 1 is 1.20 bits per heavy atom. The number of carbonyl (C=O) groups is 1. The summed E-state index contributed by atoms with van der Waals surface area (Å²) in [6.07, 6.45) is 5.22. The van der Waals surface area contributed by atoms with Gasteiger partial charge in [0.15, 0.2) is 11.6 Å². The molecule has 1 fully saturated rings. The van der Waals surface area contributed by atoms with Crippen molar-refractivity contribution in [2.45, 2.75) is 37.8 Å². The SMILES string of the molecule is NC(=O)c1cc(F)c(NC2CCCCC2N)nc1Nc1cnc2c(O)cccc2c1. The molecule has 8 nitrogen and oxygen atoms in total. The van der Waals surface area contributed by atoms with E-state index >= 15 is 0 Å². The number of phenols is 1. The quantitative estimate of drug-likeness (QED) is 0.436. The zero-order chi connectivity index (χ0) is 21.3. The van der Waals surface area contributed by atoms with Crippen molar-refractivity contribution in [3.8, 4) is 5.75 Å². The standard InChI is InChI=1S/C21H23FN6O2/c22-14-9-13(19(24)30)20(28-21(14)27-16-6-2-1-5-15(16)23)26-12-8-11-4-3-7-17(29)18(11)25-10-12/h3-4,7-10,15-16,29H,1-2,5-6,23H2,(H2,24,30)(H2,26,27,28). The van der Waals surface area contributed by atoms with Crippen LogP contribution in [0.15, 0.2) is 36.5 Å². The van der Waals surface area contributed by atoms with Crippen LogP contribution in [0.25, 0.3) is 10.9 Å². The number of carbonyl (C=O) groups excluding carboxylic acids is 1. The lowest BCUT2D eigenvalue weighted by Gasteiger charge is -2.30. The van der Waals surface area contributed by atoms with E-state index < -0.39 is 11.7 Å². The number of halogens is 1. The molecule has 7 N–H and O–H groups in total. The molecule has 1 amide bonds. The number of nitrogens with one attached hydrogen (secondary N) is 2. The van der Waals surface area contributed by atoms with E-state index in [1.165, 1.54) is 6.20 Å². The Morgan fingerprint density at radius 2 is 2.00 bits per heavy atom. The smallest absolute Gasteiger partial charge is 0.252 e. The third-order valence-electron chi connectivity index (χ3n) is 5.34. The van der Waals surface area contributed by atoms with E-state index in [-0.39, 0.29) is 35.0 Å². The van der Waals surface area contributed by atoms with Crippen LogP contribution in [-0.4, -0.2) is 33.1 Å². The molecule has 9 heteroatoms. The summed E-state index contributed by atoms with van der Waals surface area (Å²) >= 11 is 0. The van der Waals surface area contributed by atoms with E-state index in [1.807, 2.05) is 0 Å². The van der Waals surface area contributed by atoms with Crippen LogP contribution in [-0.2, 0) is 0 Å². The third kappa shape index (κ3) is 3.97. The van der Waals surface area contributed by atoms with E-state index in [0.717, 1.165) is 31.7 Å². The molecule has 2 aromatic heterocycles. The number of nitrogens with two attached hydrogens (primary N) is 2. The number of aromatic nitrogens is 2. The number of pyridine rings is 2. The maximum Gasteiger partial charge on any atom is 0.252 e. The zero-order valence-corrected chi connectivity index (χ0v) is 16.2. The number of hydrogen-bond donors (Lipinski definition) is 5. The largest absolute Gasteiger partial charge is 0.506 e. The first-order valence-corrected chi connectivity index (χ1v) is 9.79. The molecule has 30 heavy (non-hydrogen) atoms. The van der Waals surface area contributed by atoms with Gasteiger partial charge in [-0.05, 0) is 31.0 Å². The summed E-state index contributed by atoms with van der Waals surface area (Å²) in [6, 6.07) is 7.64. The van der Waals surface area contributed by atoms with Gasteiger partial charge in [0, 0.05) is 17.5 Å². The van der Waals surface area contributed by atoms with Crippen LogP contribution in [0, 0.1) is 5.82 Å². The summed E-state index contributed by atoms with van der Waals surface area (Å²) in [5.41, 5.74) is 12.5. The van der Waals surface area contributed by atoms with Gasteiger partial charge in [0.05, 0.1) is 17.4 Å². The topological polar surface area (TPSA) is 139 Å². The highest BCUT2D eigenvalue weighted by molar-refractivity contribution is 5.99. The number of hydrogen-bond acceptors (Lipinski definition) is 7. The predicted octanol–water partition coefficient (Wildman–Crippen LogP) is 3.00. The zero-order valence-electron chi connectivity index (χ0n) is 16.2. The Kier molecular flexibility index (Phi) is 5.37. The lowest BCUT2D eigenvalue weighted by Crippen LogP contribution is -2.43. The second-order valence-electron chi connectivity index (χ2n) is 7.48. The van der Waals surface area contributed by atoms with Crippen LogP contribution < -0.4 is 22.1 Å².